The molecule has 0 unspecified atom stereocenters. The Morgan fingerprint density at radius 2 is 1.56 bits per heavy atom. The Kier molecular flexibility index (Phi) is 3.69. The molecule has 25 heavy (non-hydrogen) atoms. The molecule has 0 spiro atoms. The molecule has 0 amide bonds. The van der Waals surface area contributed by atoms with Crippen LogP contribution < -0.4 is 0 Å². The minimum atomic E-state index is 0.400. The van der Waals surface area contributed by atoms with Crippen LogP contribution in [0.5, 0.6) is 0 Å². The first-order chi connectivity index (χ1) is 12.4. The summed E-state index contributed by atoms with van der Waals surface area (Å²) in [6.45, 7) is 1.63. The third-order valence-corrected chi connectivity index (χ3v) is 5.58. The Balaban J connectivity index is 1.45. The van der Waals surface area contributed by atoms with E-state index in [9.17, 15) is 0 Å². The van der Waals surface area contributed by atoms with Crippen LogP contribution in [0.25, 0.3) is 0 Å². The summed E-state index contributed by atoms with van der Waals surface area (Å²) in [4.78, 5) is 6.14. The van der Waals surface area contributed by atoms with Gasteiger partial charge in [-0.05, 0) is 29.7 Å². The predicted octanol–water partition coefficient (Wildman–Crippen LogP) is 4.19. The van der Waals surface area contributed by atoms with Crippen molar-refractivity contribution < 1.29 is 4.84 Å². The quantitative estimate of drug-likeness (QED) is 0.714. The number of hydrogen-bond acceptors (Lipinski definition) is 2. The lowest BCUT2D eigenvalue weighted by molar-refractivity contribution is -0.147. The van der Waals surface area contributed by atoms with Crippen LogP contribution in [-0.4, -0.2) is 22.3 Å². The maximum Gasteiger partial charge on any atom is 0.0785 e. The number of aromatic nitrogens is 1. The molecule has 1 fully saturated rings. The van der Waals surface area contributed by atoms with E-state index in [-0.39, 0.29) is 0 Å². The summed E-state index contributed by atoms with van der Waals surface area (Å²) in [7, 11) is 0. The molecule has 0 radical (unpaired) electrons. The maximum absolute atomic E-state index is 6.14. The highest BCUT2D eigenvalue weighted by Crippen LogP contribution is 2.45. The largest absolute Gasteiger partial charge is 0.346 e. The van der Waals surface area contributed by atoms with Crippen LogP contribution in [0, 0.1) is 0 Å². The van der Waals surface area contributed by atoms with Crippen molar-refractivity contribution >= 4 is 0 Å². The summed E-state index contributed by atoms with van der Waals surface area (Å²) in [5, 5.41) is 2.22. The van der Waals surface area contributed by atoms with Gasteiger partial charge in [-0.2, -0.15) is 5.06 Å². The van der Waals surface area contributed by atoms with Crippen molar-refractivity contribution in [2.45, 2.75) is 31.0 Å². The van der Waals surface area contributed by atoms with Gasteiger partial charge < -0.3 is 4.57 Å². The van der Waals surface area contributed by atoms with Crippen LogP contribution in [-0.2, 0) is 17.8 Å². The molecule has 2 aromatic carbocycles. The molecule has 0 saturated carbocycles. The Bertz CT molecular complexity index is 843. The van der Waals surface area contributed by atoms with Gasteiger partial charge in [-0.15, -0.1) is 0 Å². The Labute approximate surface area is 148 Å². The molecule has 1 saturated heterocycles. The van der Waals surface area contributed by atoms with Crippen LogP contribution in [0.2, 0.25) is 0 Å². The topological polar surface area (TPSA) is 17.4 Å². The highest BCUT2D eigenvalue weighted by atomic mass is 16.7. The van der Waals surface area contributed by atoms with E-state index in [2.05, 4.69) is 88.6 Å². The molecule has 3 atom stereocenters. The molecule has 5 rings (SSSR count). The third-order valence-electron chi connectivity index (χ3n) is 5.58. The summed E-state index contributed by atoms with van der Waals surface area (Å²) in [5.74, 6) is 0.465. The number of benzene rings is 2. The van der Waals surface area contributed by atoms with E-state index in [1.807, 2.05) is 0 Å². The second kappa shape index (κ2) is 6.17. The van der Waals surface area contributed by atoms with Crippen molar-refractivity contribution in [3.63, 3.8) is 0 Å². The van der Waals surface area contributed by atoms with Crippen molar-refractivity contribution in [3.05, 3.63) is 95.8 Å². The van der Waals surface area contributed by atoms with Gasteiger partial charge in [0.05, 0.1) is 18.7 Å². The van der Waals surface area contributed by atoms with Gasteiger partial charge in [0.25, 0.3) is 0 Å². The highest BCUT2D eigenvalue weighted by Gasteiger charge is 2.48. The molecule has 1 aromatic heterocycles. The van der Waals surface area contributed by atoms with Crippen molar-refractivity contribution in [3.8, 4) is 0 Å². The first kappa shape index (κ1) is 14.9. The van der Waals surface area contributed by atoms with Crippen LogP contribution >= 0.6 is 0 Å². The fourth-order valence-corrected chi connectivity index (χ4v) is 4.46. The molecule has 3 nitrogen and oxygen atoms in total. The summed E-state index contributed by atoms with van der Waals surface area (Å²) in [6.07, 6.45) is 3.28. The lowest BCUT2D eigenvalue weighted by Crippen LogP contribution is -2.35. The van der Waals surface area contributed by atoms with E-state index in [0.717, 1.165) is 19.6 Å². The van der Waals surface area contributed by atoms with E-state index >= 15 is 0 Å². The fraction of sp³-hybridized carbons (Fsp3) is 0.273. The van der Waals surface area contributed by atoms with Gasteiger partial charge in [0, 0.05) is 24.4 Å². The molecule has 3 heterocycles. The maximum atomic E-state index is 6.14. The lowest BCUT2D eigenvalue weighted by atomic mass is 9.92. The second-order valence-electron chi connectivity index (χ2n) is 7.05. The van der Waals surface area contributed by atoms with Crippen molar-refractivity contribution in [1.82, 2.24) is 9.63 Å². The highest BCUT2D eigenvalue weighted by molar-refractivity contribution is 5.28. The molecule has 0 bridgehead atoms. The van der Waals surface area contributed by atoms with Gasteiger partial charge in [-0.25, -0.2) is 0 Å². The number of hydroxylamine groups is 2. The van der Waals surface area contributed by atoms with Crippen molar-refractivity contribution in [2.75, 3.05) is 6.61 Å². The fourth-order valence-electron chi connectivity index (χ4n) is 4.46. The standard InChI is InChI=1S/C22H22N2O/c1-3-8-17(9-4-1)14-21-22-19(20-12-7-13-23(20)21)16-25-24(22)15-18-10-5-2-6-11-18/h1-13,19,21-22H,14-16H2/t19-,21+,22-/m1/s1. The zero-order chi connectivity index (χ0) is 16.6. The van der Waals surface area contributed by atoms with Crippen LogP contribution in [0.1, 0.15) is 28.8 Å². The molecule has 126 valence electrons. The molecular formula is C22H22N2O. The summed E-state index contributed by atoms with van der Waals surface area (Å²) in [6, 6.07) is 26.7. The van der Waals surface area contributed by atoms with Gasteiger partial charge >= 0.3 is 0 Å². The summed E-state index contributed by atoms with van der Waals surface area (Å²) < 4.78 is 2.48. The third kappa shape index (κ3) is 2.60. The Morgan fingerprint density at radius 3 is 2.32 bits per heavy atom. The van der Waals surface area contributed by atoms with Gasteiger partial charge in [0.1, 0.15) is 0 Å². The van der Waals surface area contributed by atoms with Gasteiger partial charge in [0.15, 0.2) is 0 Å². The minimum absolute atomic E-state index is 0.400. The molecule has 3 heteroatoms. The SMILES string of the molecule is c1ccc(C[C@H]2[C@H]3[C@H](CON3Cc3ccccc3)c3cccn32)cc1. The Hall–Kier alpha value is -2.36. The van der Waals surface area contributed by atoms with Gasteiger partial charge in [-0.1, -0.05) is 60.7 Å². The molecular weight excluding hydrogens is 308 g/mol. The molecule has 3 aromatic rings. The van der Waals surface area contributed by atoms with E-state index in [1.165, 1.54) is 16.8 Å². The van der Waals surface area contributed by atoms with Crippen molar-refractivity contribution in [2.24, 2.45) is 0 Å². The second-order valence-corrected chi connectivity index (χ2v) is 7.05. The van der Waals surface area contributed by atoms with Gasteiger partial charge in [0.2, 0.25) is 0 Å². The van der Waals surface area contributed by atoms with E-state index in [4.69, 9.17) is 4.84 Å². The number of nitrogens with zero attached hydrogens (tertiary/aromatic N) is 2. The summed E-state index contributed by atoms with van der Waals surface area (Å²) >= 11 is 0. The minimum Gasteiger partial charge on any atom is -0.346 e. The van der Waals surface area contributed by atoms with Crippen LogP contribution in [0.3, 0.4) is 0 Å². The van der Waals surface area contributed by atoms with E-state index in [1.54, 1.807) is 0 Å². The number of hydrogen-bond donors (Lipinski definition) is 0. The predicted molar refractivity (Wildman–Crippen MR) is 98.1 cm³/mol. The number of rotatable bonds is 4. The first-order valence-corrected chi connectivity index (χ1v) is 9.04. The van der Waals surface area contributed by atoms with E-state index < -0.39 is 0 Å². The smallest absolute Gasteiger partial charge is 0.0785 e. The molecule has 2 aliphatic heterocycles. The normalized spacial score (nSPS) is 25.0. The van der Waals surface area contributed by atoms with Crippen LogP contribution in [0.15, 0.2) is 79.0 Å². The molecule has 2 aliphatic rings. The zero-order valence-corrected chi connectivity index (χ0v) is 14.2. The van der Waals surface area contributed by atoms with E-state index in [0.29, 0.717) is 18.0 Å². The monoisotopic (exact) mass is 330 g/mol. The average molecular weight is 330 g/mol. The average Bonchev–Trinajstić information content (AvgIpc) is 3.33. The summed E-state index contributed by atoms with van der Waals surface area (Å²) in [5.41, 5.74) is 4.11. The van der Waals surface area contributed by atoms with Crippen LogP contribution in [0.4, 0.5) is 0 Å². The van der Waals surface area contributed by atoms with Gasteiger partial charge in [-0.3, -0.25) is 4.84 Å². The zero-order valence-electron chi connectivity index (χ0n) is 14.2. The number of fused-ring (bicyclic) bond motifs is 3. The lowest BCUT2D eigenvalue weighted by Gasteiger charge is -2.28. The Morgan fingerprint density at radius 1 is 0.840 bits per heavy atom. The molecule has 0 aliphatic carbocycles. The molecule has 0 N–H and O–H groups in total. The first-order valence-electron chi connectivity index (χ1n) is 9.04. The van der Waals surface area contributed by atoms with Crippen molar-refractivity contribution in [1.29, 1.82) is 0 Å².